The Morgan fingerprint density at radius 3 is 3.10 bits per heavy atom. The Balaban J connectivity index is 1.74. The van der Waals surface area contributed by atoms with Crippen LogP contribution in [0.5, 0.6) is 0 Å². The third kappa shape index (κ3) is 3.17. The number of nitrogens with zero attached hydrogens (tertiary/aromatic N) is 3. The molecule has 0 unspecified atom stereocenters. The second-order valence-electron chi connectivity index (χ2n) is 5.62. The number of aliphatic hydroxyl groups excluding tert-OH is 1. The van der Waals surface area contributed by atoms with Crippen LogP contribution in [0.25, 0.3) is 10.2 Å². The molecule has 1 aliphatic heterocycles. The largest absolute Gasteiger partial charge is 0.392 e. The van der Waals surface area contributed by atoms with Crippen LogP contribution >= 0.6 is 11.3 Å². The number of rotatable bonds is 4. The summed E-state index contributed by atoms with van der Waals surface area (Å²) in [6.07, 6.45) is 4.28. The van der Waals surface area contributed by atoms with Crippen LogP contribution in [-0.2, 0) is 13.0 Å². The number of fused-ring (bicyclic) bond motifs is 1. The Hall–Kier alpha value is -1.24. The third-order valence-electron chi connectivity index (χ3n) is 4.06. The van der Waals surface area contributed by atoms with Crippen molar-refractivity contribution >= 4 is 21.6 Å². The van der Waals surface area contributed by atoms with Gasteiger partial charge in [0.15, 0.2) is 0 Å². The first-order valence-corrected chi connectivity index (χ1v) is 8.37. The molecular weight excluding hydrogens is 286 g/mol. The molecule has 1 saturated heterocycles. The van der Waals surface area contributed by atoms with Crippen LogP contribution in [0.4, 0.5) is 0 Å². The van der Waals surface area contributed by atoms with Gasteiger partial charge in [-0.15, -0.1) is 11.3 Å². The molecule has 1 atom stereocenters. The highest BCUT2D eigenvalue weighted by Crippen LogP contribution is 2.21. The van der Waals surface area contributed by atoms with Gasteiger partial charge in [0.25, 0.3) is 5.56 Å². The van der Waals surface area contributed by atoms with E-state index >= 15 is 0 Å². The fourth-order valence-electron chi connectivity index (χ4n) is 2.83. The average Bonchev–Trinajstić information content (AvgIpc) is 2.91. The van der Waals surface area contributed by atoms with Crippen LogP contribution in [0.3, 0.4) is 0 Å². The zero-order valence-corrected chi connectivity index (χ0v) is 13.1. The van der Waals surface area contributed by atoms with Crippen molar-refractivity contribution in [1.82, 2.24) is 14.5 Å². The van der Waals surface area contributed by atoms with Crippen molar-refractivity contribution < 1.29 is 5.11 Å². The maximum Gasteiger partial charge on any atom is 0.262 e. The highest BCUT2D eigenvalue weighted by Gasteiger charge is 2.17. The van der Waals surface area contributed by atoms with E-state index in [1.807, 2.05) is 6.07 Å². The van der Waals surface area contributed by atoms with Gasteiger partial charge < -0.3 is 5.11 Å². The number of thiophene rings is 1. The van der Waals surface area contributed by atoms with Gasteiger partial charge >= 0.3 is 0 Å². The van der Waals surface area contributed by atoms with Gasteiger partial charge in [0.1, 0.15) is 4.83 Å². The molecular formula is C15H21N3O2S. The highest BCUT2D eigenvalue weighted by atomic mass is 32.1. The maximum absolute atomic E-state index is 12.5. The first-order chi connectivity index (χ1) is 10.2. The van der Waals surface area contributed by atoms with Crippen molar-refractivity contribution in [3.8, 4) is 0 Å². The summed E-state index contributed by atoms with van der Waals surface area (Å²) in [4.78, 5) is 21.1. The summed E-state index contributed by atoms with van der Waals surface area (Å²) in [6, 6.07) is 1.97. The van der Waals surface area contributed by atoms with Crippen LogP contribution in [0.1, 0.15) is 24.6 Å². The van der Waals surface area contributed by atoms with E-state index in [9.17, 15) is 9.90 Å². The Morgan fingerprint density at radius 2 is 2.33 bits per heavy atom. The number of aryl methyl sites for hydroxylation is 1. The number of hydrogen-bond acceptors (Lipinski definition) is 5. The molecule has 21 heavy (non-hydrogen) atoms. The first-order valence-electron chi connectivity index (χ1n) is 7.55. The average molecular weight is 307 g/mol. The predicted molar refractivity (Wildman–Crippen MR) is 84.9 cm³/mol. The Kier molecular flexibility index (Phi) is 4.37. The molecule has 0 spiro atoms. The van der Waals surface area contributed by atoms with Crippen molar-refractivity contribution in [2.45, 2.75) is 38.8 Å². The van der Waals surface area contributed by atoms with Gasteiger partial charge in [0, 0.05) is 24.5 Å². The monoisotopic (exact) mass is 307 g/mol. The fourth-order valence-corrected chi connectivity index (χ4v) is 3.75. The van der Waals surface area contributed by atoms with Crippen molar-refractivity contribution in [3.63, 3.8) is 0 Å². The van der Waals surface area contributed by atoms with E-state index in [0.717, 1.165) is 42.6 Å². The lowest BCUT2D eigenvalue weighted by molar-refractivity contribution is 0.0687. The van der Waals surface area contributed by atoms with Gasteiger partial charge in [0.2, 0.25) is 0 Å². The number of piperidine rings is 1. The molecule has 1 fully saturated rings. The van der Waals surface area contributed by atoms with Crippen molar-refractivity contribution in [2.24, 2.45) is 0 Å². The second kappa shape index (κ2) is 6.25. The number of β-amino-alcohol motifs (C(OH)–C–C–N with tert-alkyl or cyclic N) is 1. The lowest BCUT2D eigenvalue weighted by Crippen LogP contribution is -2.40. The molecule has 0 amide bonds. The summed E-state index contributed by atoms with van der Waals surface area (Å²) in [5.41, 5.74) is 0.0495. The molecule has 0 radical (unpaired) electrons. The molecule has 2 aromatic rings. The van der Waals surface area contributed by atoms with Crippen molar-refractivity contribution in [2.75, 3.05) is 19.6 Å². The molecule has 3 rings (SSSR count). The summed E-state index contributed by atoms with van der Waals surface area (Å²) in [6.45, 7) is 5.22. The quantitative estimate of drug-likeness (QED) is 0.929. The predicted octanol–water partition coefficient (Wildman–Crippen LogP) is 1.48. The minimum absolute atomic E-state index is 0.0495. The molecule has 3 heterocycles. The van der Waals surface area contributed by atoms with Gasteiger partial charge in [-0.3, -0.25) is 14.3 Å². The molecule has 1 N–H and O–H groups in total. The minimum Gasteiger partial charge on any atom is -0.392 e. The summed E-state index contributed by atoms with van der Waals surface area (Å²) in [5.74, 6) is 0. The minimum atomic E-state index is -0.222. The summed E-state index contributed by atoms with van der Waals surface area (Å²) in [5, 5.41) is 10.4. The van der Waals surface area contributed by atoms with Crippen LogP contribution in [0.15, 0.2) is 17.2 Å². The molecule has 5 nitrogen and oxygen atoms in total. The van der Waals surface area contributed by atoms with E-state index in [1.54, 1.807) is 22.2 Å². The van der Waals surface area contributed by atoms with E-state index in [1.165, 1.54) is 4.88 Å². The third-order valence-corrected chi connectivity index (χ3v) is 5.24. The summed E-state index contributed by atoms with van der Waals surface area (Å²) in [7, 11) is 0. The van der Waals surface area contributed by atoms with E-state index in [-0.39, 0.29) is 11.7 Å². The number of aliphatic hydroxyl groups is 1. The lowest BCUT2D eigenvalue weighted by Gasteiger charge is -2.29. The van der Waals surface area contributed by atoms with E-state index in [4.69, 9.17) is 0 Å². The number of hydrogen-bond donors (Lipinski definition) is 1. The van der Waals surface area contributed by atoms with Gasteiger partial charge in [-0.05, 0) is 31.9 Å². The summed E-state index contributed by atoms with van der Waals surface area (Å²) >= 11 is 1.60. The molecule has 0 aromatic carbocycles. The molecule has 2 aromatic heterocycles. The smallest absolute Gasteiger partial charge is 0.262 e. The van der Waals surface area contributed by atoms with Gasteiger partial charge in [0.05, 0.1) is 17.8 Å². The fraction of sp³-hybridized carbons (Fsp3) is 0.600. The van der Waals surface area contributed by atoms with Crippen LogP contribution in [-0.4, -0.2) is 45.3 Å². The lowest BCUT2D eigenvalue weighted by atomic mass is 10.1. The molecule has 1 aliphatic rings. The molecule has 0 saturated carbocycles. The zero-order chi connectivity index (χ0) is 14.8. The Labute approximate surface area is 127 Å². The Bertz CT molecular complexity index is 679. The van der Waals surface area contributed by atoms with Crippen LogP contribution < -0.4 is 5.56 Å². The van der Waals surface area contributed by atoms with E-state index in [0.29, 0.717) is 13.1 Å². The summed E-state index contributed by atoms with van der Waals surface area (Å²) < 4.78 is 1.69. The van der Waals surface area contributed by atoms with E-state index in [2.05, 4.69) is 16.8 Å². The second-order valence-corrected chi connectivity index (χ2v) is 6.74. The van der Waals surface area contributed by atoms with Crippen LogP contribution in [0.2, 0.25) is 0 Å². The number of aromatic nitrogens is 2. The molecule has 114 valence electrons. The van der Waals surface area contributed by atoms with E-state index < -0.39 is 0 Å². The molecule has 0 aliphatic carbocycles. The van der Waals surface area contributed by atoms with Crippen LogP contribution in [0, 0.1) is 0 Å². The normalized spacial score (nSPS) is 20.2. The maximum atomic E-state index is 12.5. The Morgan fingerprint density at radius 1 is 1.48 bits per heavy atom. The molecule has 6 heteroatoms. The van der Waals surface area contributed by atoms with Crippen molar-refractivity contribution in [3.05, 3.63) is 27.6 Å². The van der Waals surface area contributed by atoms with Gasteiger partial charge in [-0.1, -0.05) is 6.92 Å². The number of likely N-dealkylation sites (tertiary alicyclic amines) is 1. The standard InChI is InChI=1S/C15H21N3O2S/c1-2-12-8-13-14(21-12)16-10-18(15(13)20)7-6-17-5-3-4-11(19)9-17/h8,10-11,19H,2-7,9H2,1H3/t11-/m1/s1. The molecule has 0 bridgehead atoms. The van der Waals surface area contributed by atoms with Crippen molar-refractivity contribution in [1.29, 1.82) is 0 Å². The van der Waals surface area contributed by atoms with Gasteiger partial charge in [-0.25, -0.2) is 4.98 Å². The van der Waals surface area contributed by atoms with Gasteiger partial charge in [-0.2, -0.15) is 0 Å². The zero-order valence-electron chi connectivity index (χ0n) is 12.3. The first kappa shape index (κ1) is 14.7. The topological polar surface area (TPSA) is 58.4 Å². The highest BCUT2D eigenvalue weighted by molar-refractivity contribution is 7.18. The SMILES string of the molecule is CCc1cc2c(=O)n(CCN3CCC[C@@H](O)C3)cnc2s1.